The number of carbonyl (C=O) groups is 1. The van der Waals surface area contributed by atoms with Gasteiger partial charge in [0.1, 0.15) is 0 Å². The zero-order valence-electron chi connectivity index (χ0n) is 10.7. The monoisotopic (exact) mass is 226 g/mol. The second-order valence-electron chi connectivity index (χ2n) is 5.27. The molecule has 0 unspecified atom stereocenters. The Balaban J connectivity index is 1.93. The number of amides is 2. The van der Waals surface area contributed by atoms with Crippen molar-refractivity contribution in [2.24, 2.45) is 5.92 Å². The molecule has 94 valence electrons. The molecule has 2 N–H and O–H groups in total. The minimum Gasteiger partial charge on any atom is -0.338 e. The lowest BCUT2D eigenvalue weighted by atomic mass is 10.1. The molecule has 0 aromatic carbocycles. The van der Waals surface area contributed by atoms with Crippen LogP contribution in [0.1, 0.15) is 58.8 Å². The number of hydrogen-bond donors (Lipinski definition) is 2. The summed E-state index contributed by atoms with van der Waals surface area (Å²) in [4.78, 5) is 11.5. The first-order valence-electron chi connectivity index (χ1n) is 6.73. The van der Waals surface area contributed by atoms with E-state index in [2.05, 4.69) is 24.5 Å². The molecule has 0 bridgehead atoms. The summed E-state index contributed by atoms with van der Waals surface area (Å²) >= 11 is 0. The van der Waals surface area contributed by atoms with E-state index in [1.807, 2.05) is 0 Å². The normalized spacial score (nSPS) is 16.7. The van der Waals surface area contributed by atoms with Gasteiger partial charge in [0.25, 0.3) is 0 Å². The van der Waals surface area contributed by atoms with Gasteiger partial charge in [0.15, 0.2) is 0 Å². The van der Waals surface area contributed by atoms with Crippen LogP contribution in [0.25, 0.3) is 0 Å². The molecule has 1 rings (SSSR count). The Bertz CT molecular complexity index is 198. The minimum absolute atomic E-state index is 0.0245. The molecule has 3 heteroatoms. The summed E-state index contributed by atoms with van der Waals surface area (Å²) in [5, 5.41) is 5.96. The molecule has 1 aliphatic rings. The molecule has 0 radical (unpaired) electrons. The van der Waals surface area contributed by atoms with E-state index in [0.29, 0.717) is 6.04 Å². The first-order chi connectivity index (χ1) is 7.68. The molecule has 0 aromatic rings. The van der Waals surface area contributed by atoms with Crippen molar-refractivity contribution < 1.29 is 4.79 Å². The number of carbonyl (C=O) groups excluding carboxylic acids is 1. The van der Waals surface area contributed by atoms with Crippen LogP contribution in [0.3, 0.4) is 0 Å². The third-order valence-corrected chi connectivity index (χ3v) is 3.18. The van der Waals surface area contributed by atoms with Crippen molar-refractivity contribution in [2.75, 3.05) is 6.54 Å². The standard InChI is InChI=1S/C13H26N2O/c1-11(2)7-5-6-10-14-13(16)15-12-8-3-4-9-12/h11-12H,3-10H2,1-2H3,(H2,14,15,16). The molecule has 1 saturated carbocycles. The molecular formula is C13H26N2O. The highest BCUT2D eigenvalue weighted by Gasteiger charge is 2.16. The Morgan fingerprint density at radius 2 is 1.94 bits per heavy atom. The molecule has 1 aliphatic carbocycles. The molecule has 0 aliphatic heterocycles. The van der Waals surface area contributed by atoms with Crippen LogP contribution < -0.4 is 10.6 Å². The predicted molar refractivity (Wildman–Crippen MR) is 67.5 cm³/mol. The summed E-state index contributed by atoms with van der Waals surface area (Å²) in [7, 11) is 0. The lowest BCUT2D eigenvalue weighted by Gasteiger charge is -2.13. The van der Waals surface area contributed by atoms with E-state index < -0.39 is 0 Å². The van der Waals surface area contributed by atoms with E-state index in [1.165, 1.54) is 25.7 Å². The Morgan fingerprint density at radius 3 is 2.56 bits per heavy atom. The van der Waals surface area contributed by atoms with Gasteiger partial charge in [-0.3, -0.25) is 0 Å². The first-order valence-corrected chi connectivity index (χ1v) is 6.73. The molecular weight excluding hydrogens is 200 g/mol. The van der Waals surface area contributed by atoms with Crippen LogP contribution in [-0.4, -0.2) is 18.6 Å². The Kier molecular flexibility index (Phi) is 6.27. The van der Waals surface area contributed by atoms with E-state index in [4.69, 9.17) is 0 Å². The van der Waals surface area contributed by atoms with Gasteiger partial charge in [-0.1, -0.05) is 39.5 Å². The van der Waals surface area contributed by atoms with Crippen molar-refractivity contribution in [2.45, 2.75) is 64.8 Å². The Labute approximate surface area is 99.4 Å². The van der Waals surface area contributed by atoms with Crippen molar-refractivity contribution in [3.05, 3.63) is 0 Å². The van der Waals surface area contributed by atoms with Crippen LogP contribution in [0.2, 0.25) is 0 Å². The average molecular weight is 226 g/mol. The number of urea groups is 1. The molecule has 0 atom stereocenters. The topological polar surface area (TPSA) is 41.1 Å². The minimum atomic E-state index is 0.0245. The van der Waals surface area contributed by atoms with Gasteiger partial charge in [-0.2, -0.15) is 0 Å². The fraction of sp³-hybridized carbons (Fsp3) is 0.923. The third-order valence-electron chi connectivity index (χ3n) is 3.18. The van der Waals surface area contributed by atoms with Gasteiger partial charge in [-0.25, -0.2) is 4.79 Å². The van der Waals surface area contributed by atoms with Crippen LogP contribution in [0.15, 0.2) is 0 Å². The fourth-order valence-corrected chi connectivity index (χ4v) is 2.19. The second-order valence-corrected chi connectivity index (χ2v) is 5.27. The lowest BCUT2D eigenvalue weighted by molar-refractivity contribution is 0.237. The maximum Gasteiger partial charge on any atom is 0.315 e. The molecule has 1 fully saturated rings. The SMILES string of the molecule is CC(C)CCCCNC(=O)NC1CCCC1. The van der Waals surface area contributed by atoms with Crippen molar-refractivity contribution in [3.8, 4) is 0 Å². The number of unbranched alkanes of at least 4 members (excludes halogenated alkanes) is 1. The van der Waals surface area contributed by atoms with Gasteiger partial charge in [-0.15, -0.1) is 0 Å². The van der Waals surface area contributed by atoms with E-state index in [1.54, 1.807) is 0 Å². The van der Waals surface area contributed by atoms with Crippen molar-refractivity contribution in [1.82, 2.24) is 10.6 Å². The number of nitrogens with one attached hydrogen (secondary N) is 2. The third kappa shape index (κ3) is 5.99. The average Bonchev–Trinajstić information content (AvgIpc) is 2.69. The van der Waals surface area contributed by atoms with Crippen LogP contribution in [0.4, 0.5) is 4.79 Å². The highest BCUT2D eigenvalue weighted by molar-refractivity contribution is 5.74. The van der Waals surface area contributed by atoms with E-state index in [9.17, 15) is 4.79 Å². The van der Waals surface area contributed by atoms with Gasteiger partial charge in [0.2, 0.25) is 0 Å². The zero-order chi connectivity index (χ0) is 11.8. The van der Waals surface area contributed by atoms with E-state index in [-0.39, 0.29) is 6.03 Å². The number of hydrogen-bond acceptors (Lipinski definition) is 1. The van der Waals surface area contributed by atoms with Crippen LogP contribution in [-0.2, 0) is 0 Å². The van der Waals surface area contributed by atoms with Crippen molar-refractivity contribution >= 4 is 6.03 Å². The summed E-state index contributed by atoms with van der Waals surface area (Å²) in [6, 6.07) is 0.451. The van der Waals surface area contributed by atoms with Gasteiger partial charge >= 0.3 is 6.03 Å². The van der Waals surface area contributed by atoms with Gasteiger partial charge in [0.05, 0.1) is 0 Å². The second kappa shape index (κ2) is 7.53. The summed E-state index contributed by atoms with van der Waals surface area (Å²) in [6.45, 7) is 5.28. The van der Waals surface area contributed by atoms with Gasteiger partial charge in [-0.05, 0) is 25.2 Å². The summed E-state index contributed by atoms with van der Waals surface area (Å²) in [5.74, 6) is 0.771. The summed E-state index contributed by atoms with van der Waals surface area (Å²) in [6.07, 6.45) is 8.39. The largest absolute Gasteiger partial charge is 0.338 e. The molecule has 0 heterocycles. The van der Waals surface area contributed by atoms with E-state index in [0.717, 1.165) is 31.7 Å². The highest BCUT2D eigenvalue weighted by atomic mass is 16.2. The fourth-order valence-electron chi connectivity index (χ4n) is 2.19. The van der Waals surface area contributed by atoms with Crippen molar-refractivity contribution in [3.63, 3.8) is 0 Å². The van der Waals surface area contributed by atoms with E-state index >= 15 is 0 Å². The summed E-state index contributed by atoms with van der Waals surface area (Å²) in [5.41, 5.74) is 0. The smallest absolute Gasteiger partial charge is 0.315 e. The van der Waals surface area contributed by atoms with Gasteiger partial charge < -0.3 is 10.6 Å². The zero-order valence-corrected chi connectivity index (χ0v) is 10.7. The predicted octanol–water partition coefficient (Wildman–Crippen LogP) is 3.05. The van der Waals surface area contributed by atoms with Crippen molar-refractivity contribution in [1.29, 1.82) is 0 Å². The van der Waals surface area contributed by atoms with Crippen LogP contribution in [0.5, 0.6) is 0 Å². The number of rotatable bonds is 6. The quantitative estimate of drug-likeness (QED) is 0.671. The molecule has 2 amide bonds. The first kappa shape index (κ1) is 13.3. The molecule has 0 spiro atoms. The maximum atomic E-state index is 11.5. The molecule has 0 saturated heterocycles. The van der Waals surface area contributed by atoms with Gasteiger partial charge in [0, 0.05) is 12.6 Å². The lowest BCUT2D eigenvalue weighted by Crippen LogP contribution is -2.41. The Hall–Kier alpha value is -0.730. The molecule has 16 heavy (non-hydrogen) atoms. The molecule has 3 nitrogen and oxygen atoms in total. The Morgan fingerprint density at radius 1 is 1.25 bits per heavy atom. The summed E-state index contributed by atoms with van der Waals surface area (Å²) < 4.78 is 0. The molecule has 0 aromatic heterocycles. The maximum absolute atomic E-state index is 11.5. The van der Waals surface area contributed by atoms with Crippen LogP contribution in [0, 0.1) is 5.92 Å². The van der Waals surface area contributed by atoms with Crippen LogP contribution >= 0.6 is 0 Å². The highest BCUT2D eigenvalue weighted by Crippen LogP contribution is 2.17.